The number of nitrogens with zero attached hydrogens (tertiary/aromatic N) is 2. The topological polar surface area (TPSA) is 191 Å². The Morgan fingerprint density at radius 3 is 1.18 bits per heavy atom. The SMILES string of the molecule is CN(C)CCNc1cccc2c1C(=O)c1c(O)ccc(NCCCOCCOCCOCCCNc3ccc(O)c4c3C(=O)c3cccc(NCCN(C)C)c3C4=O)c1C2=O. The fraction of sp³-hybridized carbons (Fsp3) is 0.391. The molecular formula is C46H56N6O9. The van der Waals surface area contributed by atoms with Crippen molar-refractivity contribution in [3.8, 4) is 11.5 Å². The zero-order valence-electron chi connectivity index (χ0n) is 35.3. The average Bonchev–Trinajstić information content (AvgIpc) is 3.23. The molecule has 2 aliphatic carbocycles. The van der Waals surface area contributed by atoms with Gasteiger partial charge in [0.15, 0.2) is 23.1 Å². The number of nitrogens with one attached hydrogen (secondary N) is 4. The fourth-order valence-electron chi connectivity index (χ4n) is 7.36. The van der Waals surface area contributed by atoms with Crippen molar-refractivity contribution >= 4 is 45.9 Å². The first-order chi connectivity index (χ1) is 29.5. The highest BCUT2D eigenvalue weighted by Crippen LogP contribution is 2.41. The Kier molecular flexibility index (Phi) is 15.5. The summed E-state index contributed by atoms with van der Waals surface area (Å²) in [5.74, 6) is -1.88. The molecule has 2 aliphatic rings. The van der Waals surface area contributed by atoms with Crippen molar-refractivity contribution < 1.29 is 43.6 Å². The zero-order valence-corrected chi connectivity index (χ0v) is 35.3. The number of carbonyl (C=O) groups excluding carboxylic acids is 4. The highest BCUT2D eigenvalue weighted by Gasteiger charge is 2.37. The molecule has 4 aromatic rings. The van der Waals surface area contributed by atoms with E-state index in [-0.39, 0.29) is 56.4 Å². The molecule has 6 N–H and O–H groups in total. The summed E-state index contributed by atoms with van der Waals surface area (Å²) in [6.45, 7) is 6.09. The van der Waals surface area contributed by atoms with Gasteiger partial charge in [0.2, 0.25) is 0 Å². The first-order valence-electron chi connectivity index (χ1n) is 20.6. The molecule has 6 rings (SSSR count). The van der Waals surface area contributed by atoms with Crippen molar-refractivity contribution in [1.82, 2.24) is 9.80 Å². The number of hydrogen-bond donors (Lipinski definition) is 6. The first-order valence-corrected chi connectivity index (χ1v) is 20.6. The standard InChI is InChI=1S/C46H56N6O9/c1-51(2)21-19-49-31-11-5-9-29-37(31)45(57)41-35(53)15-13-33(39(41)43(29)55)47-17-7-23-59-25-27-61-28-26-60-24-8-18-48-34-14-16-36(54)42-40(34)44(56)30-10-6-12-32(38(30)46(42)58)50-20-22-52(3)4/h5-6,9-16,47-50,53-54H,7-8,17-28H2,1-4H3. The van der Waals surface area contributed by atoms with Crippen molar-refractivity contribution in [2.45, 2.75) is 12.8 Å². The van der Waals surface area contributed by atoms with E-state index in [1.165, 1.54) is 12.1 Å². The van der Waals surface area contributed by atoms with E-state index >= 15 is 0 Å². The van der Waals surface area contributed by atoms with Gasteiger partial charge < -0.3 is 55.5 Å². The Bertz CT molecular complexity index is 2090. The summed E-state index contributed by atoms with van der Waals surface area (Å²) in [6.07, 6.45) is 1.26. The van der Waals surface area contributed by atoms with Gasteiger partial charge in [-0.2, -0.15) is 0 Å². The van der Waals surface area contributed by atoms with Gasteiger partial charge in [-0.3, -0.25) is 19.2 Å². The molecule has 4 aromatic carbocycles. The largest absolute Gasteiger partial charge is 0.507 e. The number of ether oxygens (including phenoxy) is 3. The third kappa shape index (κ3) is 10.6. The van der Waals surface area contributed by atoms with E-state index in [0.29, 0.717) is 113 Å². The van der Waals surface area contributed by atoms with Crippen molar-refractivity contribution in [2.75, 3.05) is 128 Å². The van der Waals surface area contributed by atoms with Gasteiger partial charge in [0.1, 0.15) is 11.5 Å². The molecular weight excluding hydrogens is 781 g/mol. The van der Waals surface area contributed by atoms with Crippen molar-refractivity contribution in [3.05, 3.63) is 105 Å². The summed E-state index contributed by atoms with van der Waals surface area (Å²) >= 11 is 0. The van der Waals surface area contributed by atoms with Crippen molar-refractivity contribution in [3.63, 3.8) is 0 Å². The smallest absolute Gasteiger partial charge is 0.200 e. The molecule has 15 nitrogen and oxygen atoms in total. The van der Waals surface area contributed by atoms with Crippen LogP contribution in [0.15, 0.2) is 60.7 Å². The van der Waals surface area contributed by atoms with E-state index in [0.717, 1.165) is 13.1 Å². The highest BCUT2D eigenvalue weighted by atomic mass is 16.5. The molecule has 0 amide bonds. The lowest BCUT2D eigenvalue weighted by Gasteiger charge is -2.24. The number of anilines is 4. The van der Waals surface area contributed by atoms with Crippen LogP contribution in [0.1, 0.15) is 76.5 Å². The van der Waals surface area contributed by atoms with Gasteiger partial charge >= 0.3 is 0 Å². The maximum absolute atomic E-state index is 13.7. The van der Waals surface area contributed by atoms with Crippen LogP contribution in [-0.4, -0.2) is 150 Å². The predicted octanol–water partition coefficient (Wildman–Crippen LogP) is 4.95. The Morgan fingerprint density at radius 1 is 0.426 bits per heavy atom. The second kappa shape index (κ2) is 21.1. The normalized spacial score (nSPS) is 13.0. The Hall–Kier alpha value is -5.84. The maximum atomic E-state index is 13.7. The number of fused-ring (bicyclic) bond motifs is 4. The predicted molar refractivity (Wildman–Crippen MR) is 236 cm³/mol. The van der Waals surface area contributed by atoms with Crippen molar-refractivity contribution in [1.29, 1.82) is 0 Å². The first kappa shape index (κ1) is 44.7. The van der Waals surface area contributed by atoms with Crippen LogP contribution < -0.4 is 21.3 Å². The number of phenolic OH excluding ortho intramolecular Hbond substituents is 2. The van der Waals surface area contributed by atoms with Gasteiger partial charge in [0.05, 0.1) is 59.8 Å². The minimum atomic E-state index is -0.392. The second-order valence-electron chi connectivity index (χ2n) is 15.4. The molecule has 0 unspecified atom stereocenters. The minimum Gasteiger partial charge on any atom is -0.507 e. The van der Waals surface area contributed by atoms with Crippen LogP contribution in [0.3, 0.4) is 0 Å². The lowest BCUT2D eigenvalue weighted by molar-refractivity contribution is 0.0145. The summed E-state index contributed by atoms with van der Waals surface area (Å²) in [6, 6.07) is 16.4. The number of aromatic hydroxyl groups is 2. The third-order valence-electron chi connectivity index (χ3n) is 10.4. The second-order valence-corrected chi connectivity index (χ2v) is 15.4. The van der Waals surface area contributed by atoms with Gasteiger partial charge in [-0.15, -0.1) is 0 Å². The summed E-state index contributed by atoms with van der Waals surface area (Å²) in [5.41, 5.74) is 3.61. The van der Waals surface area contributed by atoms with Gasteiger partial charge in [0.25, 0.3) is 0 Å². The number of likely N-dealkylation sites (N-methyl/N-ethyl adjacent to an activating group) is 2. The summed E-state index contributed by atoms with van der Waals surface area (Å²) < 4.78 is 17.1. The third-order valence-corrected chi connectivity index (χ3v) is 10.4. The quantitative estimate of drug-likeness (QED) is 0.0355. The molecule has 0 saturated carbocycles. The summed E-state index contributed by atoms with van der Waals surface area (Å²) in [5, 5.41) is 34.4. The Labute approximate surface area is 356 Å². The maximum Gasteiger partial charge on any atom is 0.200 e. The van der Waals surface area contributed by atoms with Crippen LogP contribution in [0.5, 0.6) is 11.5 Å². The van der Waals surface area contributed by atoms with Gasteiger partial charge in [-0.1, -0.05) is 24.3 Å². The molecule has 324 valence electrons. The molecule has 0 atom stereocenters. The minimum absolute atomic E-state index is 0.00675. The number of phenols is 2. The fourth-order valence-corrected chi connectivity index (χ4v) is 7.36. The van der Waals surface area contributed by atoms with Gasteiger partial charge in [-0.05, 0) is 77.4 Å². The molecule has 0 bridgehead atoms. The van der Waals surface area contributed by atoms with Crippen molar-refractivity contribution in [2.24, 2.45) is 0 Å². The van der Waals surface area contributed by atoms with Gasteiger partial charge in [-0.25, -0.2) is 0 Å². The Morgan fingerprint density at radius 2 is 0.787 bits per heavy atom. The van der Waals surface area contributed by atoms with E-state index < -0.39 is 11.6 Å². The van der Waals surface area contributed by atoms with Crippen LogP contribution in [0.2, 0.25) is 0 Å². The molecule has 0 heterocycles. The monoisotopic (exact) mass is 836 g/mol. The molecule has 0 aromatic heterocycles. The number of rotatable bonds is 24. The molecule has 0 saturated heterocycles. The van der Waals surface area contributed by atoms with Crippen LogP contribution in [0, 0.1) is 0 Å². The van der Waals surface area contributed by atoms with E-state index in [9.17, 15) is 29.4 Å². The van der Waals surface area contributed by atoms with Crippen LogP contribution in [0.25, 0.3) is 0 Å². The van der Waals surface area contributed by atoms with E-state index in [2.05, 4.69) is 21.3 Å². The number of benzene rings is 4. The number of carbonyl (C=O) groups is 4. The number of ketones is 4. The zero-order chi connectivity index (χ0) is 43.5. The van der Waals surface area contributed by atoms with E-state index in [1.54, 1.807) is 48.5 Å². The van der Waals surface area contributed by atoms with Crippen LogP contribution in [0.4, 0.5) is 22.7 Å². The van der Waals surface area contributed by atoms with Gasteiger partial charge in [0, 0.05) is 86.4 Å². The molecule has 0 spiro atoms. The van der Waals surface area contributed by atoms with Crippen LogP contribution in [-0.2, 0) is 14.2 Å². The highest BCUT2D eigenvalue weighted by molar-refractivity contribution is 6.33. The summed E-state index contributed by atoms with van der Waals surface area (Å²) in [4.78, 5) is 58.7. The summed E-state index contributed by atoms with van der Waals surface area (Å²) in [7, 11) is 7.81. The van der Waals surface area contributed by atoms with E-state index in [1.807, 2.05) is 38.0 Å². The van der Waals surface area contributed by atoms with Crippen LogP contribution >= 0.6 is 0 Å². The van der Waals surface area contributed by atoms with E-state index in [4.69, 9.17) is 14.2 Å². The number of hydrogen-bond acceptors (Lipinski definition) is 15. The molecule has 0 fully saturated rings. The molecule has 15 heteroatoms. The Balaban J connectivity index is 0.860. The average molecular weight is 837 g/mol. The lowest BCUT2D eigenvalue weighted by Crippen LogP contribution is -2.26. The molecule has 0 aliphatic heterocycles. The lowest BCUT2D eigenvalue weighted by atomic mass is 9.81. The molecule has 0 radical (unpaired) electrons. The molecule has 61 heavy (non-hydrogen) atoms.